The number of hydrogen-bond acceptors (Lipinski definition) is 8. The van der Waals surface area contributed by atoms with Gasteiger partial charge in [0, 0.05) is 54.9 Å². The lowest BCUT2D eigenvalue weighted by Gasteiger charge is -2.08. The van der Waals surface area contributed by atoms with Gasteiger partial charge in [-0.15, -0.1) is 0 Å². The fourth-order valence-corrected chi connectivity index (χ4v) is 1.62. The molecule has 0 aliphatic rings. The molecular weight excluding hydrogens is 416 g/mol. The van der Waals surface area contributed by atoms with E-state index in [1.165, 1.54) is 0 Å². The molecule has 32 heavy (non-hydrogen) atoms. The molecule has 0 bridgehead atoms. The third-order valence-corrected chi connectivity index (χ3v) is 3.73. The van der Waals surface area contributed by atoms with Gasteiger partial charge >= 0.3 is 0 Å². The first-order chi connectivity index (χ1) is 15.2. The highest BCUT2D eigenvalue weighted by Gasteiger charge is 1.97. The van der Waals surface area contributed by atoms with Gasteiger partial charge in [0.25, 0.3) is 0 Å². The fraction of sp³-hybridized carbons (Fsp3) is 1.00. The van der Waals surface area contributed by atoms with E-state index in [-0.39, 0.29) is 24.4 Å². The first kappa shape index (κ1) is 38.9. The van der Waals surface area contributed by atoms with Crippen LogP contribution in [0.2, 0.25) is 0 Å². The van der Waals surface area contributed by atoms with Crippen molar-refractivity contribution in [2.45, 2.75) is 79.8 Å². The van der Waals surface area contributed by atoms with Crippen LogP contribution in [0.25, 0.3) is 0 Å². The molecule has 0 aromatic carbocycles. The van der Waals surface area contributed by atoms with Crippen LogP contribution in [-0.4, -0.2) is 106 Å². The van der Waals surface area contributed by atoms with Crippen molar-refractivity contribution in [1.82, 2.24) is 0 Å². The van der Waals surface area contributed by atoms with Crippen LogP contribution < -0.4 is 0 Å². The average molecular weight is 473 g/mol. The summed E-state index contributed by atoms with van der Waals surface area (Å²) in [5, 5.41) is 0. The second-order valence-electron chi connectivity index (χ2n) is 6.84. The smallest absolute Gasteiger partial charge is 0.0780 e. The molecule has 0 fully saturated rings. The molecule has 0 aliphatic heterocycles. The average Bonchev–Trinajstić information content (AvgIpc) is 2.80. The maximum Gasteiger partial charge on any atom is 0.0780 e. The van der Waals surface area contributed by atoms with E-state index in [1.807, 2.05) is 55.4 Å². The Bertz CT molecular complexity index is 256. The predicted octanol–water partition coefficient (Wildman–Crippen LogP) is 4.23. The Morgan fingerprint density at radius 1 is 0.438 bits per heavy atom. The van der Waals surface area contributed by atoms with E-state index >= 15 is 0 Å². The van der Waals surface area contributed by atoms with Crippen molar-refractivity contribution >= 4 is 0 Å². The molecule has 8 nitrogen and oxygen atoms in total. The molecular formula is C24H56O8. The minimum atomic E-state index is 0.231. The van der Waals surface area contributed by atoms with Crippen molar-refractivity contribution in [3.05, 3.63) is 0 Å². The third kappa shape index (κ3) is 43.5. The molecule has 0 saturated carbocycles. The monoisotopic (exact) mass is 472 g/mol. The predicted molar refractivity (Wildman–Crippen MR) is 132 cm³/mol. The Labute approximate surface area is 199 Å². The van der Waals surface area contributed by atoms with Crippen molar-refractivity contribution in [2.75, 3.05) is 81.3 Å². The topological polar surface area (TPSA) is 73.8 Å². The molecule has 4 unspecified atom stereocenters. The van der Waals surface area contributed by atoms with Crippen molar-refractivity contribution < 1.29 is 37.9 Å². The minimum Gasteiger partial charge on any atom is -0.382 e. The summed E-state index contributed by atoms with van der Waals surface area (Å²) >= 11 is 0. The van der Waals surface area contributed by atoms with E-state index in [9.17, 15) is 0 Å². The molecule has 0 N–H and O–H groups in total. The second kappa shape index (κ2) is 35.3. The normalized spacial score (nSPS) is 13.9. The van der Waals surface area contributed by atoms with Gasteiger partial charge in [-0.3, -0.25) is 0 Å². The summed E-state index contributed by atoms with van der Waals surface area (Å²) in [7, 11) is 6.73. The molecule has 0 radical (unpaired) electrons. The summed E-state index contributed by atoms with van der Waals surface area (Å²) in [6.07, 6.45) is 0.935. The Morgan fingerprint density at radius 2 is 0.750 bits per heavy atom. The summed E-state index contributed by atoms with van der Waals surface area (Å²) in [5.41, 5.74) is 0. The van der Waals surface area contributed by atoms with Crippen molar-refractivity contribution in [1.29, 1.82) is 0 Å². The van der Waals surface area contributed by atoms with E-state index in [0.29, 0.717) is 26.4 Å². The van der Waals surface area contributed by atoms with E-state index in [0.717, 1.165) is 26.4 Å². The van der Waals surface area contributed by atoms with Gasteiger partial charge in [0.1, 0.15) is 0 Å². The van der Waals surface area contributed by atoms with E-state index in [2.05, 4.69) is 0 Å². The van der Waals surface area contributed by atoms with Crippen LogP contribution in [0.1, 0.15) is 55.4 Å². The van der Waals surface area contributed by atoms with Crippen LogP contribution >= 0.6 is 0 Å². The number of methoxy groups -OCH3 is 4. The Balaban J connectivity index is -0.000000163. The van der Waals surface area contributed by atoms with Crippen LogP contribution in [0.5, 0.6) is 0 Å². The molecule has 0 aliphatic carbocycles. The fourth-order valence-electron chi connectivity index (χ4n) is 1.62. The van der Waals surface area contributed by atoms with E-state index in [1.54, 1.807) is 28.4 Å². The summed E-state index contributed by atoms with van der Waals surface area (Å²) < 4.78 is 40.0. The van der Waals surface area contributed by atoms with Crippen molar-refractivity contribution in [3.8, 4) is 0 Å². The number of rotatable bonds is 16. The highest BCUT2D eigenvalue weighted by atomic mass is 16.5. The molecule has 200 valence electrons. The molecule has 0 saturated heterocycles. The molecule has 0 heterocycles. The SMILES string of the molecule is CCOC(C)COC.CCOCC(C)OC.CCOCC(C)OC.CCOCC(C)OC. The van der Waals surface area contributed by atoms with Gasteiger partial charge in [0.05, 0.1) is 50.8 Å². The largest absolute Gasteiger partial charge is 0.382 e. The third-order valence-electron chi connectivity index (χ3n) is 3.73. The zero-order valence-corrected chi connectivity index (χ0v) is 23.2. The highest BCUT2D eigenvalue weighted by Crippen LogP contribution is 1.89. The molecule has 0 rings (SSSR count). The highest BCUT2D eigenvalue weighted by molar-refractivity contribution is 4.44. The zero-order valence-electron chi connectivity index (χ0n) is 23.2. The first-order valence-electron chi connectivity index (χ1n) is 11.7. The summed E-state index contributed by atoms with van der Waals surface area (Å²) in [4.78, 5) is 0. The Kier molecular flexibility index (Phi) is 42.9. The molecule has 8 heteroatoms. The Morgan fingerprint density at radius 3 is 0.938 bits per heavy atom. The minimum absolute atomic E-state index is 0.231. The maximum atomic E-state index is 5.16. The quantitative estimate of drug-likeness (QED) is 0.330. The van der Waals surface area contributed by atoms with E-state index in [4.69, 9.17) is 37.9 Å². The van der Waals surface area contributed by atoms with Crippen LogP contribution in [0.4, 0.5) is 0 Å². The van der Waals surface area contributed by atoms with E-state index < -0.39 is 0 Å². The van der Waals surface area contributed by atoms with Crippen LogP contribution in [0.15, 0.2) is 0 Å². The molecule has 0 spiro atoms. The van der Waals surface area contributed by atoms with Crippen LogP contribution in [-0.2, 0) is 37.9 Å². The maximum absolute atomic E-state index is 5.16. The van der Waals surface area contributed by atoms with Crippen molar-refractivity contribution in [3.63, 3.8) is 0 Å². The van der Waals surface area contributed by atoms with Gasteiger partial charge < -0.3 is 37.9 Å². The lowest BCUT2D eigenvalue weighted by Crippen LogP contribution is -2.13. The van der Waals surface area contributed by atoms with Gasteiger partial charge in [-0.05, 0) is 55.4 Å². The van der Waals surface area contributed by atoms with Crippen LogP contribution in [0.3, 0.4) is 0 Å². The van der Waals surface area contributed by atoms with Gasteiger partial charge in [0.2, 0.25) is 0 Å². The van der Waals surface area contributed by atoms with Gasteiger partial charge in [0.15, 0.2) is 0 Å². The second-order valence-corrected chi connectivity index (χ2v) is 6.84. The standard InChI is InChI=1S/4C6H14O2/c3*1-4-8-5-6(2)7-3;1-4-8-6(2)5-7-3/h4*6H,4-5H2,1-3H3. The number of ether oxygens (including phenoxy) is 8. The van der Waals surface area contributed by atoms with Gasteiger partial charge in [-0.25, -0.2) is 0 Å². The van der Waals surface area contributed by atoms with Crippen LogP contribution in [0, 0.1) is 0 Å². The lowest BCUT2D eigenvalue weighted by atomic mass is 10.4. The number of hydrogen-bond donors (Lipinski definition) is 0. The molecule has 0 amide bonds. The summed E-state index contributed by atoms with van der Waals surface area (Å²) in [6.45, 7) is 21.7. The first-order valence-corrected chi connectivity index (χ1v) is 11.7. The van der Waals surface area contributed by atoms with Gasteiger partial charge in [-0.2, -0.15) is 0 Å². The molecule has 0 aromatic rings. The molecule has 4 atom stereocenters. The summed E-state index contributed by atoms with van der Waals surface area (Å²) in [5.74, 6) is 0. The Hall–Kier alpha value is -0.320. The van der Waals surface area contributed by atoms with Gasteiger partial charge in [-0.1, -0.05) is 0 Å². The zero-order chi connectivity index (χ0) is 25.6. The van der Waals surface area contributed by atoms with Crippen molar-refractivity contribution in [2.24, 2.45) is 0 Å². The summed E-state index contributed by atoms with van der Waals surface area (Å²) in [6, 6.07) is 0. The lowest BCUT2D eigenvalue weighted by molar-refractivity contribution is 0.0155. The molecule has 0 aromatic heterocycles.